The van der Waals surface area contributed by atoms with Crippen LogP contribution in [0, 0.1) is 6.92 Å². The molecule has 36 heavy (non-hydrogen) atoms. The normalized spacial score (nSPS) is 12.0. The van der Waals surface area contributed by atoms with Gasteiger partial charge in [-0.1, -0.05) is 30.6 Å². The molecule has 1 aromatic carbocycles. The summed E-state index contributed by atoms with van der Waals surface area (Å²) >= 11 is 6.44. The number of aliphatic hydroxyl groups is 2. The van der Waals surface area contributed by atoms with Crippen molar-refractivity contribution >= 4 is 17.5 Å². The highest BCUT2D eigenvalue weighted by molar-refractivity contribution is 6.32. The van der Waals surface area contributed by atoms with Crippen molar-refractivity contribution in [2.24, 2.45) is 0 Å². The van der Waals surface area contributed by atoms with Crippen molar-refractivity contribution in [3.63, 3.8) is 0 Å². The first-order valence-corrected chi connectivity index (χ1v) is 12.1. The number of carbonyl (C=O) groups is 1. The fourth-order valence-electron chi connectivity index (χ4n) is 3.68. The van der Waals surface area contributed by atoms with Crippen LogP contribution in [0.3, 0.4) is 0 Å². The lowest BCUT2D eigenvalue weighted by Gasteiger charge is -2.16. The molecule has 2 heterocycles. The van der Waals surface area contributed by atoms with E-state index in [2.05, 4.69) is 29.3 Å². The molecule has 10 nitrogen and oxygen atoms in total. The highest BCUT2D eigenvalue weighted by atomic mass is 35.5. The zero-order valence-electron chi connectivity index (χ0n) is 20.7. The summed E-state index contributed by atoms with van der Waals surface area (Å²) in [5.41, 5.74) is 2.76. The van der Waals surface area contributed by atoms with Gasteiger partial charge in [0.2, 0.25) is 11.7 Å². The minimum Gasteiger partial charge on any atom is -0.497 e. The van der Waals surface area contributed by atoms with Gasteiger partial charge in [0.05, 0.1) is 12.1 Å². The molecule has 3 N–H and O–H groups in total. The second-order valence-corrected chi connectivity index (χ2v) is 8.69. The third-order valence-corrected chi connectivity index (χ3v) is 5.97. The minimum atomic E-state index is -0.976. The number of hydrogen-bond donors (Lipinski definition) is 3. The van der Waals surface area contributed by atoms with Crippen LogP contribution in [0.2, 0.25) is 5.02 Å². The summed E-state index contributed by atoms with van der Waals surface area (Å²) in [7, 11) is 1.60. The lowest BCUT2D eigenvalue weighted by Crippen LogP contribution is -2.36. The topological polar surface area (TPSA) is 140 Å². The number of ether oxygens (including phenoxy) is 2. The fourth-order valence-corrected chi connectivity index (χ4v) is 4.00. The average Bonchev–Trinajstić information content (AvgIpc) is 3.37. The summed E-state index contributed by atoms with van der Waals surface area (Å²) in [4.78, 5) is 20.4. The maximum atomic E-state index is 11.1. The Balaban J connectivity index is 1.79. The van der Waals surface area contributed by atoms with Crippen LogP contribution in [0.5, 0.6) is 11.5 Å². The van der Waals surface area contributed by atoms with Gasteiger partial charge < -0.3 is 29.5 Å². The molecule has 0 aliphatic heterocycles. The van der Waals surface area contributed by atoms with Crippen molar-refractivity contribution in [3.05, 3.63) is 40.5 Å². The number of amides is 1. The Labute approximate surface area is 214 Å². The van der Waals surface area contributed by atoms with E-state index in [1.165, 1.54) is 0 Å². The summed E-state index contributed by atoms with van der Waals surface area (Å²) in [6.45, 7) is 5.24. The Morgan fingerprint density at radius 2 is 1.94 bits per heavy atom. The van der Waals surface area contributed by atoms with E-state index in [0.717, 1.165) is 18.5 Å². The Morgan fingerprint density at radius 3 is 2.58 bits per heavy atom. The lowest BCUT2D eigenvalue weighted by molar-refractivity contribution is -0.124. The van der Waals surface area contributed by atoms with Gasteiger partial charge in [0.15, 0.2) is 0 Å². The summed E-state index contributed by atoms with van der Waals surface area (Å²) in [6, 6.07) is 7.13. The number of carbonyl (C=O) groups excluding carboxylic acids is 1. The van der Waals surface area contributed by atoms with Crippen LogP contribution in [0.4, 0.5) is 0 Å². The molecule has 0 saturated carbocycles. The number of aromatic nitrogens is 3. The molecule has 0 fully saturated rings. The van der Waals surface area contributed by atoms with Crippen LogP contribution in [0.1, 0.15) is 43.9 Å². The predicted octanol–water partition coefficient (Wildman–Crippen LogP) is 3.52. The van der Waals surface area contributed by atoms with Crippen LogP contribution in [0.25, 0.3) is 23.0 Å². The molecule has 0 saturated heterocycles. The van der Waals surface area contributed by atoms with Crippen molar-refractivity contribution in [1.82, 2.24) is 20.4 Å². The molecule has 1 atom stereocenters. The molecule has 0 unspecified atom stereocenters. The zero-order chi connectivity index (χ0) is 26.2. The number of rotatable bonds is 12. The summed E-state index contributed by atoms with van der Waals surface area (Å²) in [6.07, 6.45) is 0.924. The van der Waals surface area contributed by atoms with E-state index in [4.69, 9.17) is 35.7 Å². The van der Waals surface area contributed by atoms with Gasteiger partial charge >= 0.3 is 0 Å². The van der Waals surface area contributed by atoms with E-state index in [1.807, 2.05) is 6.07 Å². The maximum Gasteiger partial charge on any atom is 0.276 e. The molecule has 0 bridgehead atoms. The molecule has 0 radical (unpaired) electrons. The van der Waals surface area contributed by atoms with Gasteiger partial charge in [-0.15, -0.1) is 0 Å². The van der Waals surface area contributed by atoms with Crippen molar-refractivity contribution in [2.75, 3.05) is 26.9 Å². The second-order valence-electron chi connectivity index (χ2n) is 8.28. The molecule has 0 aliphatic rings. The molecule has 194 valence electrons. The zero-order valence-corrected chi connectivity index (χ0v) is 21.5. The van der Waals surface area contributed by atoms with Crippen molar-refractivity contribution < 1.29 is 29.0 Å². The monoisotopic (exact) mass is 518 g/mol. The highest BCUT2D eigenvalue weighted by Gasteiger charge is 2.19. The smallest absolute Gasteiger partial charge is 0.276 e. The van der Waals surface area contributed by atoms with Crippen LogP contribution in [0.15, 0.2) is 28.8 Å². The van der Waals surface area contributed by atoms with Crippen molar-refractivity contribution in [2.45, 2.75) is 45.6 Å². The molecule has 1 amide bonds. The standard InChI is InChI=1S/C25H31ClN4O6/c1-5-15(6-2)20-9-18(34-4)10-21(28-20)25-29-24(30-36-25)16-7-14(3)23(19(26)8-16)35-13-17(32)11-27-22(33)12-31/h7-10,15,17,31-32H,5-6,11-13H2,1-4H3,(H,27,33)/t17-/m0/s1. The number of benzene rings is 1. The van der Waals surface area contributed by atoms with E-state index < -0.39 is 18.6 Å². The Kier molecular flexibility index (Phi) is 9.63. The first-order chi connectivity index (χ1) is 17.3. The van der Waals surface area contributed by atoms with Gasteiger partial charge in [-0.3, -0.25) is 4.79 Å². The average molecular weight is 519 g/mol. The number of aliphatic hydroxyl groups excluding tert-OH is 2. The van der Waals surface area contributed by atoms with Gasteiger partial charge in [0.25, 0.3) is 5.89 Å². The fraction of sp³-hybridized carbons (Fsp3) is 0.440. The molecular formula is C25H31ClN4O6. The van der Waals surface area contributed by atoms with Crippen LogP contribution >= 0.6 is 11.6 Å². The summed E-state index contributed by atoms with van der Waals surface area (Å²) in [5, 5.41) is 25.5. The largest absolute Gasteiger partial charge is 0.497 e. The van der Waals surface area contributed by atoms with Crippen LogP contribution < -0.4 is 14.8 Å². The first-order valence-electron chi connectivity index (χ1n) is 11.7. The Hall–Kier alpha value is -3.21. The number of nitrogens with one attached hydrogen (secondary N) is 1. The van der Waals surface area contributed by atoms with E-state index in [-0.39, 0.29) is 19.0 Å². The maximum absolute atomic E-state index is 11.1. The number of methoxy groups -OCH3 is 1. The molecule has 0 aliphatic carbocycles. The van der Waals surface area contributed by atoms with Crippen molar-refractivity contribution in [3.8, 4) is 34.5 Å². The SMILES string of the molecule is CCC(CC)c1cc(OC)cc(-c2nc(-c3cc(C)c(OC[C@@H](O)CNC(=O)CO)c(Cl)c3)no2)n1. The minimum absolute atomic E-state index is 0.0585. The summed E-state index contributed by atoms with van der Waals surface area (Å²) in [5.74, 6) is 1.36. The molecule has 2 aromatic heterocycles. The number of hydrogen-bond acceptors (Lipinski definition) is 9. The van der Waals surface area contributed by atoms with Gasteiger partial charge in [-0.2, -0.15) is 4.98 Å². The van der Waals surface area contributed by atoms with Gasteiger partial charge in [-0.25, -0.2) is 4.98 Å². The Bertz CT molecular complexity index is 1160. The second kappa shape index (κ2) is 12.7. The van der Waals surface area contributed by atoms with Gasteiger partial charge in [0.1, 0.15) is 36.5 Å². The van der Waals surface area contributed by atoms with E-state index in [0.29, 0.717) is 45.1 Å². The third kappa shape index (κ3) is 6.71. The number of aryl methyl sites for hydroxylation is 1. The lowest BCUT2D eigenvalue weighted by atomic mass is 9.98. The molecule has 0 spiro atoms. The molecular weight excluding hydrogens is 488 g/mol. The third-order valence-electron chi connectivity index (χ3n) is 5.69. The van der Waals surface area contributed by atoms with Gasteiger partial charge in [-0.05, 0) is 37.5 Å². The highest BCUT2D eigenvalue weighted by Crippen LogP contribution is 2.34. The first kappa shape index (κ1) is 27.4. The van der Waals surface area contributed by atoms with Crippen molar-refractivity contribution in [1.29, 1.82) is 0 Å². The van der Waals surface area contributed by atoms with E-state index in [1.54, 1.807) is 32.2 Å². The summed E-state index contributed by atoms with van der Waals surface area (Å²) < 4.78 is 16.6. The number of halogens is 1. The molecule has 3 rings (SSSR count). The molecule has 11 heteroatoms. The molecule has 3 aromatic rings. The predicted molar refractivity (Wildman–Crippen MR) is 134 cm³/mol. The van der Waals surface area contributed by atoms with E-state index in [9.17, 15) is 9.90 Å². The van der Waals surface area contributed by atoms with Gasteiger partial charge in [0, 0.05) is 35.9 Å². The number of nitrogens with zero attached hydrogens (tertiary/aromatic N) is 3. The number of pyridine rings is 1. The van der Waals surface area contributed by atoms with Crippen LogP contribution in [-0.2, 0) is 4.79 Å². The quantitative estimate of drug-likeness (QED) is 0.328. The van der Waals surface area contributed by atoms with Crippen LogP contribution in [-0.4, -0.2) is 64.2 Å². The Morgan fingerprint density at radius 1 is 1.19 bits per heavy atom. The van der Waals surface area contributed by atoms with E-state index >= 15 is 0 Å².